The summed E-state index contributed by atoms with van der Waals surface area (Å²) in [6, 6.07) is 5.98. The summed E-state index contributed by atoms with van der Waals surface area (Å²) in [6.07, 6.45) is -0.990. The molecular formula is C17H19ClF3N5. The second kappa shape index (κ2) is 7.28. The van der Waals surface area contributed by atoms with E-state index in [9.17, 15) is 13.2 Å². The molecule has 2 aliphatic rings. The van der Waals surface area contributed by atoms with E-state index in [1.54, 1.807) is 0 Å². The third kappa shape index (κ3) is 4.19. The SMILES string of the molecule is Cl.FC(F)(F)c1cnc(Nc2ccc3c(c2)CCNC3)nc1NC1CC1. The van der Waals surface area contributed by atoms with Crippen molar-refractivity contribution in [2.24, 2.45) is 0 Å². The summed E-state index contributed by atoms with van der Waals surface area (Å²) in [6.45, 7) is 1.75. The highest BCUT2D eigenvalue weighted by molar-refractivity contribution is 5.85. The third-order valence-electron chi connectivity index (χ3n) is 4.36. The van der Waals surface area contributed by atoms with E-state index in [1.807, 2.05) is 18.2 Å². The summed E-state index contributed by atoms with van der Waals surface area (Å²) in [5.74, 6) is -0.000283. The van der Waals surface area contributed by atoms with Gasteiger partial charge in [0.15, 0.2) is 0 Å². The molecule has 0 spiro atoms. The van der Waals surface area contributed by atoms with E-state index in [4.69, 9.17) is 0 Å². The van der Waals surface area contributed by atoms with Crippen LogP contribution < -0.4 is 16.0 Å². The molecule has 0 amide bonds. The van der Waals surface area contributed by atoms with Crippen molar-refractivity contribution in [2.75, 3.05) is 17.2 Å². The standard InChI is InChI=1S/C17H18F3N5.ClH/c18-17(19,20)14-9-22-16(25-15(14)23-12-3-4-12)24-13-2-1-11-8-21-6-5-10(11)7-13;/h1-2,7,9,12,21H,3-6,8H2,(H2,22,23,24,25);1H. The van der Waals surface area contributed by atoms with Crippen molar-refractivity contribution in [3.63, 3.8) is 0 Å². The molecule has 9 heteroatoms. The number of hydrogen-bond acceptors (Lipinski definition) is 5. The fourth-order valence-corrected chi connectivity index (χ4v) is 2.86. The Bertz CT molecular complexity index is 792. The van der Waals surface area contributed by atoms with Crippen molar-refractivity contribution in [3.8, 4) is 0 Å². The summed E-state index contributed by atoms with van der Waals surface area (Å²) in [5, 5.41) is 9.17. The fourth-order valence-electron chi connectivity index (χ4n) is 2.86. The second-order valence-corrected chi connectivity index (χ2v) is 6.41. The minimum Gasteiger partial charge on any atom is -0.367 e. The smallest absolute Gasteiger partial charge is 0.367 e. The highest BCUT2D eigenvalue weighted by atomic mass is 35.5. The van der Waals surface area contributed by atoms with Crippen LogP contribution in [-0.4, -0.2) is 22.6 Å². The molecule has 0 atom stereocenters. The lowest BCUT2D eigenvalue weighted by atomic mass is 10.0. The van der Waals surface area contributed by atoms with Crippen LogP contribution in [0.25, 0.3) is 0 Å². The summed E-state index contributed by atoms with van der Waals surface area (Å²) in [5.41, 5.74) is 2.41. The van der Waals surface area contributed by atoms with E-state index >= 15 is 0 Å². The van der Waals surface area contributed by atoms with Gasteiger partial charge in [-0.05, 0) is 49.1 Å². The predicted molar refractivity (Wildman–Crippen MR) is 96.1 cm³/mol. The van der Waals surface area contributed by atoms with Crippen LogP contribution in [-0.2, 0) is 19.1 Å². The number of nitrogens with zero attached hydrogens (tertiary/aromatic N) is 2. The van der Waals surface area contributed by atoms with Crippen LogP contribution in [0.4, 0.5) is 30.6 Å². The van der Waals surface area contributed by atoms with Gasteiger partial charge in [-0.1, -0.05) is 6.07 Å². The molecule has 1 fully saturated rings. The topological polar surface area (TPSA) is 61.9 Å². The van der Waals surface area contributed by atoms with Gasteiger partial charge in [-0.15, -0.1) is 12.4 Å². The van der Waals surface area contributed by atoms with Crippen LogP contribution in [0.3, 0.4) is 0 Å². The number of rotatable bonds is 4. The van der Waals surface area contributed by atoms with Gasteiger partial charge >= 0.3 is 6.18 Å². The maximum absolute atomic E-state index is 13.1. The van der Waals surface area contributed by atoms with E-state index in [0.29, 0.717) is 0 Å². The summed E-state index contributed by atoms with van der Waals surface area (Å²) < 4.78 is 39.4. The predicted octanol–water partition coefficient (Wildman–Crippen LogP) is 3.88. The molecule has 0 bridgehead atoms. The van der Waals surface area contributed by atoms with Crippen molar-refractivity contribution in [2.45, 2.75) is 38.0 Å². The molecule has 1 aliphatic heterocycles. The summed E-state index contributed by atoms with van der Waals surface area (Å²) in [4.78, 5) is 7.91. The van der Waals surface area contributed by atoms with Gasteiger partial charge in [0, 0.05) is 24.5 Å². The van der Waals surface area contributed by atoms with Gasteiger partial charge in [-0.2, -0.15) is 18.2 Å². The zero-order valence-electron chi connectivity index (χ0n) is 13.9. The molecule has 2 heterocycles. The Kier molecular flexibility index (Phi) is 5.24. The summed E-state index contributed by atoms with van der Waals surface area (Å²) >= 11 is 0. The average molecular weight is 386 g/mol. The number of aromatic nitrogens is 2. The lowest BCUT2D eigenvalue weighted by Gasteiger charge is -2.18. The van der Waals surface area contributed by atoms with Crippen molar-refractivity contribution in [3.05, 3.63) is 41.1 Å². The molecule has 0 radical (unpaired) electrons. The molecule has 0 unspecified atom stereocenters. The van der Waals surface area contributed by atoms with Crippen LogP contribution in [0.2, 0.25) is 0 Å². The Morgan fingerprint density at radius 3 is 2.69 bits per heavy atom. The molecule has 1 aromatic heterocycles. The van der Waals surface area contributed by atoms with E-state index in [-0.39, 0.29) is 30.2 Å². The molecular weight excluding hydrogens is 367 g/mol. The minimum absolute atomic E-state index is 0. The molecule has 26 heavy (non-hydrogen) atoms. The van der Waals surface area contributed by atoms with Crippen LogP contribution in [0.5, 0.6) is 0 Å². The Morgan fingerprint density at radius 2 is 1.96 bits per heavy atom. The van der Waals surface area contributed by atoms with Gasteiger partial charge in [-0.3, -0.25) is 0 Å². The first-order valence-electron chi connectivity index (χ1n) is 8.29. The van der Waals surface area contributed by atoms with E-state index < -0.39 is 11.7 Å². The van der Waals surface area contributed by atoms with Crippen molar-refractivity contribution >= 4 is 29.9 Å². The van der Waals surface area contributed by atoms with E-state index in [0.717, 1.165) is 44.2 Å². The van der Waals surface area contributed by atoms with Crippen molar-refractivity contribution in [1.29, 1.82) is 0 Å². The van der Waals surface area contributed by atoms with E-state index in [2.05, 4.69) is 25.9 Å². The maximum atomic E-state index is 13.1. The van der Waals surface area contributed by atoms with Gasteiger partial charge in [0.25, 0.3) is 0 Å². The number of hydrogen-bond donors (Lipinski definition) is 3. The molecule has 0 saturated heterocycles. The van der Waals surface area contributed by atoms with Gasteiger partial charge in [0.1, 0.15) is 11.4 Å². The number of alkyl halides is 3. The van der Waals surface area contributed by atoms with Gasteiger partial charge in [0.2, 0.25) is 5.95 Å². The van der Waals surface area contributed by atoms with Gasteiger partial charge < -0.3 is 16.0 Å². The molecule has 1 aliphatic carbocycles. The molecule has 4 rings (SSSR count). The highest BCUT2D eigenvalue weighted by Gasteiger charge is 2.36. The van der Waals surface area contributed by atoms with Gasteiger partial charge in [-0.25, -0.2) is 4.98 Å². The first-order chi connectivity index (χ1) is 12.0. The lowest BCUT2D eigenvalue weighted by Crippen LogP contribution is -2.23. The zero-order chi connectivity index (χ0) is 17.4. The quantitative estimate of drug-likeness (QED) is 0.745. The molecule has 1 saturated carbocycles. The molecule has 3 N–H and O–H groups in total. The Hall–Kier alpha value is -2.06. The zero-order valence-corrected chi connectivity index (χ0v) is 14.7. The molecule has 140 valence electrons. The Morgan fingerprint density at radius 1 is 1.15 bits per heavy atom. The normalized spacial score (nSPS) is 16.4. The number of anilines is 3. The van der Waals surface area contributed by atoms with Crippen LogP contribution in [0, 0.1) is 0 Å². The largest absolute Gasteiger partial charge is 0.421 e. The number of nitrogens with one attached hydrogen (secondary N) is 3. The minimum atomic E-state index is -4.48. The third-order valence-corrected chi connectivity index (χ3v) is 4.36. The van der Waals surface area contributed by atoms with Crippen LogP contribution >= 0.6 is 12.4 Å². The van der Waals surface area contributed by atoms with Gasteiger partial charge in [0.05, 0.1) is 0 Å². The van der Waals surface area contributed by atoms with Crippen molar-refractivity contribution in [1.82, 2.24) is 15.3 Å². The first kappa shape index (κ1) is 18.7. The average Bonchev–Trinajstić information content (AvgIpc) is 3.38. The molecule has 2 aromatic rings. The van der Waals surface area contributed by atoms with Crippen molar-refractivity contribution < 1.29 is 13.2 Å². The maximum Gasteiger partial charge on any atom is 0.421 e. The lowest BCUT2D eigenvalue weighted by molar-refractivity contribution is -0.137. The summed E-state index contributed by atoms with van der Waals surface area (Å²) in [7, 11) is 0. The first-order valence-corrected chi connectivity index (χ1v) is 8.29. The molecule has 5 nitrogen and oxygen atoms in total. The second-order valence-electron chi connectivity index (χ2n) is 6.41. The highest BCUT2D eigenvalue weighted by Crippen LogP contribution is 2.36. The molecule has 1 aromatic carbocycles. The Labute approximate surface area is 155 Å². The van der Waals surface area contributed by atoms with Crippen LogP contribution in [0.1, 0.15) is 29.5 Å². The number of fused-ring (bicyclic) bond motifs is 1. The van der Waals surface area contributed by atoms with Crippen LogP contribution in [0.15, 0.2) is 24.4 Å². The monoisotopic (exact) mass is 385 g/mol. The fraction of sp³-hybridized carbons (Fsp3) is 0.412. The Balaban J connectivity index is 0.00000196. The number of halogens is 4. The number of benzene rings is 1. The van der Waals surface area contributed by atoms with E-state index in [1.165, 1.54) is 11.1 Å².